The normalized spacial score (nSPS) is 11.0. The average Bonchev–Trinajstić information content (AvgIpc) is 2.75. The summed E-state index contributed by atoms with van der Waals surface area (Å²) in [5, 5.41) is 9.15. The van der Waals surface area contributed by atoms with Crippen LogP contribution in [0.1, 0.15) is 16.1 Å². The van der Waals surface area contributed by atoms with Gasteiger partial charge < -0.3 is 0 Å². The van der Waals surface area contributed by atoms with E-state index in [1.54, 1.807) is 73.1 Å². The summed E-state index contributed by atoms with van der Waals surface area (Å²) in [6, 6.07) is 19.4. The zero-order chi connectivity index (χ0) is 19.3. The minimum atomic E-state index is -0.508. The van der Waals surface area contributed by atoms with Crippen molar-refractivity contribution in [2.75, 3.05) is 0 Å². The van der Waals surface area contributed by atoms with E-state index in [0.717, 1.165) is 5.56 Å². The maximum atomic E-state index is 12.8. The minimum Gasteiger partial charge on any atom is -0.267 e. The number of carbonyl (C=O) groups excluding carboxylic acids is 1. The van der Waals surface area contributed by atoms with E-state index in [2.05, 4.69) is 20.6 Å². The van der Waals surface area contributed by atoms with E-state index >= 15 is 0 Å². The van der Waals surface area contributed by atoms with Crippen LogP contribution >= 0.6 is 0 Å². The second-order valence-electron chi connectivity index (χ2n) is 5.93. The fraction of sp³-hybridized carbons (Fsp3) is 0. The Kier molecular flexibility index (Phi) is 4.71. The summed E-state index contributed by atoms with van der Waals surface area (Å²) in [5.74, 6) is -0.508. The maximum absolute atomic E-state index is 12.8. The number of hydrogen-bond acceptors (Lipinski definition) is 5. The van der Waals surface area contributed by atoms with Crippen molar-refractivity contribution < 1.29 is 4.79 Å². The number of amides is 1. The van der Waals surface area contributed by atoms with Gasteiger partial charge in [0.15, 0.2) is 5.69 Å². The third-order valence-corrected chi connectivity index (χ3v) is 4.11. The average molecular weight is 369 g/mol. The van der Waals surface area contributed by atoms with E-state index in [1.165, 1.54) is 10.9 Å². The number of pyridine rings is 1. The third kappa shape index (κ3) is 3.41. The summed E-state index contributed by atoms with van der Waals surface area (Å²) >= 11 is 0. The molecule has 0 unspecified atom stereocenters. The van der Waals surface area contributed by atoms with Gasteiger partial charge in [0.2, 0.25) is 0 Å². The molecular weight excluding hydrogens is 354 g/mol. The highest BCUT2D eigenvalue weighted by Gasteiger charge is 2.17. The second kappa shape index (κ2) is 7.63. The number of fused-ring (bicyclic) bond motifs is 1. The topological polar surface area (TPSA) is 89.2 Å². The number of rotatable bonds is 4. The Morgan fingerprint density at radius 3 is 2.36 bits per heavy atom. The van der Waals surface area contributed by atoms with E-state index in [9.17, 15) is 9.59 Å². The molecule has 0 saturated carbocycles. The van der Waals surface area contributed by atoms with Crippen molar-refractivity contribution >= 4 is 22.9 Å². The molecule has 2 aromatic carbocycles. The molecule has 0 saturated heterocycles. The predicted molar refractivity (Wildman–Crippen MR) is 107 cm³/mol. The number of para-hydroxylation sites is 1. The number of hydrazone groups is 1. The summed E-state index contributed by atoms with van der Waals surface area (Å²) in [6.07, 6.45) is 4.77. The van der Waals surface area contributed by atoms with Crippen LogP contribution in [0.2, 0.25) is 0 Å². The fourth-order valence-corrected chi connectivity index (χ4v) is 2.77. The Bertz CT molecular complexity index is 1220. The van der Waals surface area contributed by atoms with Gasteiger partial charge in [0, 0.05) is 17.8 Å². The van der Waals surface area contributed by atoms with Crippen molar-refractivity contribution in [2.24, 2.45) is 5.10 Å². The molecule has 4 aromatic rings. The molecule has 7 heteroatoms. The monoisotopic (exact) mass is 369 g/mol. The van der Waals surface area contributed by atoms with Crippen LogP contribution in [0.3, 0.4) is 0 Å². The van der Waals surface area contributed by atoms with E-state index in [-0.39, 0.29) is 11.3 Å². The van der Waals surface area contributed by atoms with Gasteiger partial charge in [-0.15, -0.1) is 0 Å². The molecule has 136 valence electrons. The Labute approximate surface area is 160 Å². The highest BCUT2D eigenvalue weighted by molar-refractivity contribution is 6.05. The Morgan fingerprint density at radius 2 is 1.61 bits per heavy atom. The molecule has 0 radical (unpaired) electrons. The number of nitrogens with one attached hydrogen (secondary N) is 1. The van der Waals surface area contributed by atoms with Crippen LogP contribution in [0.4, 0.5) is 0 Å². The molecule has 0 spiro atoms. The molecule has 1 amide bonds. The first-order valence-corrected chi connectivity index (χ1v) is 8.55. The summed E-state index contributed by atoms with van der Waals surface area (Å²) in [6.45, 7) is 0. The van der Waals surface area contributed by atoms with E-state index < -0.39 is 5.91 Å². The lowest BCUT2D eigenvalue weighted by molar-refractivity contribution is 0.0950. The van der Waals surface area contributed by atoms with Gasteiger partial charge in [0.25, 0.3) is 11.5 Å². The first-order chi connectivity index (χ1) is 13.7. The van der Waals surface area contributed by atoms with Gasteiger partial charge in [0.05, 0.1) is 17.3 Å². The van der Waals surface area contributed by atoms with Crippen LogP contribution in [0.5, 0.6) is 0 Å². The van der Waals surface area contributed by atoms with Crippen molar-refractivity contribution in [3.05, 3.63) is 101 Å². The van der Waals surface area contributed by atoms with E-state index in [4.69, 9.17) is 0 Å². The molecule has 0 aliphatic rings. The Balaban J connectivity index is 1.75. The van der Waals surface area contributed by atoms with Crippen LogP contribution in [-0.2, 0) is 0 Å². The third-order valence-electron chi connectivity index (χ3n) is 4.11. The summed E-state index contributed by atoms with van der Waals surface area (Å²) in [4.78, 5) is 29.5. The Hall–Kier alpha value is -4.13. The van der Waals surface area contributed by atoms with Crippen LogP contribution < -0.4 is 11.0 Å². The van der Waals surface area contributed by atoms with Crippen LogP contribution in [-0.4, -0.2) is 26.9 Å². The lowest BCUT2D eigenvalue weighted by Gasteiger charge is -2.10. The molecule has 7 nitrogen and oxygen atoms in total. The van der Waals surface area contributed by atoms with E-state index in [1.807, 2.05) is 6.07 Å². The van der Waals surface area contributed by atoms with Gasteiger partial charge in [-0.3, -0.25) is 14.6 Å². The molecule has 4 rings (SSSR count). The lowest BCUT2D eigenvalue weighted by Crippen LogP contribution is -2.28. The van der Waals surface area contributed by atoms with Gasteiger partial charge >= 0.3 is 0 Å². The van der Waals surface area contributed by atoms with Gasteiger partial charge in [-0.2, -0.15) is 14.9 Å². The smallest absolute Gasteiger partial charge is 0.267 e. The maximum Gasteiger partial charge on any atom is 0.292 e. The lowest BCUT2D eigenvalue weighted by atomic mass is 10.1. The van der Waals surface area contributed by atoms with Crippen molar-refractivity contribution in [1.29, 1.82) is 0 Å². The van der Waals surface area contributed by atoms with Crippen LogP contribution in [0.15, 0.2) is 89.0 Å². The number of carbonyl (C=O) groups is 1. The molecule has 28 heavy (non-hydrogen) atoms. The van der Waals surface area contributed by atoms with Crippen molar-refractivity contribution in [3.63, 3.8) is 0 Å². The highest BCUT2D eigenvalue weighted by atomic mass is 16.2. The standard InChI is InChI=1S/C21H15N5O2/c27-20(24-23-14-15-10-12-22-13-11-15)19-17-8-4-5-9-18(17)21(28)26(25-19)16-6-2-1-3-7-16/h1-14H,(H,24,27)/b23-14-. The molecule has 0 atom stereocenters. The van der Waals surface area contributed by atoms with Gasteiger partial charge in [-0.1, -0.05) is 36.4 Å². The van der Waals surface area contributed by atoms with Crippen LogP contribution in [0, 0.1) is 0 Å². The molecule has 1 N–H and O–H groups in total. The van der Waals surface area contributed by atoms with Gasteiger partial charge in [-0.05, 0) is 35.9 Å². The molecule has 2 heterocycles. The summed E-state index contributed by atoms with van der Waals surface area (Å²) in [7, 11) is 0. The molecule has 0 fully saturated rings. The zero-order valence-electron chi connectivity index (χ0n) is 14.7. The molecule has 0 bridgehead atoms. The minimum absolute atomic E-state index is 0.117. The molecule has 0 aliphatic carbocycles. The van der Waals surface area contributed by atoms with Crippen molar-refractivity contribution in [3.8, 4) is 5.69 Å². The molecule has 0 aliphatic heterocycles. The predicted octanol–water partition coefficient (Wildman–Crippen LogP) is 2.54. The first kappa shape index (κ1) is 17.3. The van der Waals surface area contributed by atoms with Crippen molar-refractivity contribution in [1.82, 2.24) is 20.2 Å². The number of hydrogen-bond donors (Lipinski definition) is 1. The Morgan fingerprint density at radius 1 is 0.929 bits per heavy atom. The number of aromatic nitrogens is 3. The molecule has 2 aromatic heterocycles. The second-order valence-corrected chi connectivity index (χ2v) is 5.93. The van der Waals surface area contributed by atoms with Gasteiger partial charge in [-0.25, -0.2) is 5.43 Å². The highest BCUT2D eigenvalue weighted by Crippen LogP contribution is 2.15. The largest absolute Gasteiger partial charge is 0.292 e. The SMILES string of the molecule is O=C(N/N=C\c1ccncc1)c1nn(-c2ccccc2)c(=O)c2ccccc12. The zero-order valence-corrected chi connectivity index (χ0v) is 14.7. The van der Waals surface area contributed by atoms with Gasteiger partial charge in [0.1, 0.15) is 0 Å². The summed E-state index contributed by atoms with van der Waals surface area (Å²) in [5.41, 5.74) is 3.66. The van der Waals surface area contributed by atoms with Crippen LogP contribution in [0.25, 0.3) is 16.5 Å². The fourth-order valence-electron chi connectivity index (χ4n) is 2.77. The quantitative estimate of drug-likeness (QED) is 0.442. The van der Waals surface area contributed by atoms with E-state index in [0.29, 0.717) is 16.5 Å². The molecular formula is C21H15N5O2. The number of benzene rings is 2. The number of nitrogens with zero attached hydrogens (tertiary/aromatic N) is 4. The van der Waals surface area contributed by atoms with Crippen molar-refractivity contribution in [2.45, 2.75) is 0 Å². The first-order valence-electron chi connectivity index (χ1n) is 8.55. The summed E-state index contributed by atoms with van der Waals surface area (Å²) < 4.78 is 1.23.